The normalized spacial score (nSPS) is 17.3. The molecule has 1 aliphatic heterocycles. The summed E-state index contributed by atoms with van der Waals surface area (Å²) in [5.74, 6) is -3.40. The zero-order chi connectivity index (χ0) is 20.4. The van der Waals surface area contributed by atoms with E-state index >= 15 is 0 Å². The largest absolute Gasteiger partial charge is 0.489 e. The number of likely N-dealkylation sites (tertiary alicyclic amines) is 1. The first-order chi connectivity index (χ1) is 12.5. The summed E-state index contributed by atoms with van der Waals surface area (Å²) in [6.45, 7) is 1.71. The molecule has 1 aromatic carbocycles. The number of carbonyl (C=O) groups is 3. The minimum atomic E-state index is -4.55. The van der Waals surface area contributed by atoms with Gasteiger partial charge in [0.2, 0.25) is 11.8 Å². The van der Waals surface area contributed by atoms with Crippen molar-refractivity contribution < 1.29 is 37.4 Å². The number of aromatic carboxylic acids is 1. The molecule has 2 rings (SSSR count). The van der Waals surface area contributed by atoms with Crippen LogP contribution in [0, 0.1) is 5.92 Å². The van der Waals surface area contributed by atoms with Gasteiger partial charge in [0.25, 0.3) is 0 Å². The van der Waals surface area contributed by atoms with Crippen molar-refractivity contribution in [3.05, 3.63) is 23.8 Å². The first kappa shape index (κ1) is 20.5. The summed E-state index contributed by atoms with van der Waals surface area (Å²) < 4.78 is 43.0. The molecular weight excluding hydrogens is 369 g/mol. The van der Waals surface area contributed by atoms with Gasteiger partial charge in [0.1, 0.15) is 12.3 Å². The maximum absolute atomic E-state index is 12.5. The summed E-state index contributed by atoms with van der Waals surface area (Å²) in [5, 5.41) is 11.6. The van der Waals surface area contributed by atoms with Crippen LogP contribution in [0.1, 0.15) is 30.6 Å². The Bertz CT molecular complexity index is 749. The predicted molar refractivity (Wildman–Crippen MR) is 88.5 cm³/mol. The van der Waals surface area contributed by atoms with Gasteiger partial charge in [0.15, 0.2) is 0 Å². The summed E-state index contributed by atoms with van der Waals surface area (Å²) >= 11 is 0. The highest BCUT2D eigenvalue weighted by Crippen LogP contribution is 2.29. The average Bonchev–Trinajstić information content (AvgIpc) is 2.87. The average molecular weight is 388 g/mol. The van der Waals surface area contributed by atoms with Gasteiger partial charge in [-0.05, 0) is 32.0 Å². The Morgan fingerprint density at radius 2 is 2.04 bits per heavy atom. The topological polar surface area (TPSA) is 95.9 Å². The van der Waals surface area contributed by atoms with E-state index in [1.165, 1.54) is 18.2 Å². The number of rotatable bonds is 6. The van der Waals surface area contributed by atoms with Crippen LogP contribution in [0.4, 0.5) is 18.9 Å². The lowest BCUT2D eigenvalue weighted by Crippen LogP contribution is -2.36. The van der Waals surface area contributed by atoms with Crippen LogP contribution >= 0.6 is 0 Å². The van der Waals surface area contributed by atoms with E-state index in [-0.39, 0.29) is 36.1 Å². The van der Waals surface area contributed by atoms with Crippen LogP contribution in [0.25, 0.3) is 0 Å². The molecule has 7 nitrogen and oxygen atoms in total. The molecule has 27 heavy (non-hydrogen) atoms. The van der Waals surface area contributed by atoms with Gasteiger partial charge >= 0.3 is 12.1 Å². The molecule has 0 spiro atoms. The molecule has 1 fully saturated rings. The fraction of sp³-hybridized carbons (Fsp3) is 0.471. The second-order valence-electron chi connectivity index (χ2n) is 6.46. The zero-order valence-corrected chi connectivity index (χ0v) is 14.7. The second-order valence-corrected chi connectivity index (χ2v) is 6.46. The van der Waals surface area contributed by atoms with Gasteiger partial charge in [-0.3, -0.25) is 9.59 Å². The number of anilines is 1. The van der Waals surface area contributed by atoms with E-state index < -0.39 is 36.4 Å². The Morgan fingerprint density at radius 3 is 2.59 bits per heavy atom. The van der Waals surface area contributed by atoms with Gasteiger partial charge in [-0.25, -0.2) is 4.79 Å². The van der Waals surface area contributed by atoms with Crippen LogP contribution in [0.15, 0.2) is 18.2 Å². The number of halogens is 3. The van der Waals surface area contributed by atoms with Gasteiger partial charge < -0.3 is 20.1 Å². The van der Waals surface area contributed by atoms with Crippen molar-refractivity contribution in [2.75, 3.05) is 18.4 Å². The Kier molecular flexibility index (Phi) is 5.97. The number of ether oxygens (including phenoxy) is 1. The fourth-order valence-electron chi connectivity index (χ4n) is 2.67. The van der Waals surface area contributed by atoms with Crippen molar-refractivity contribution >= 4 is 23.5 Å². The molecule has 10 heteroatoms. The fourth-order valence-corrected chi connectivity index (χ4v) is 2.67. The van der Waals surface area contributed by atoms with E-state index in [0.29, 0.717) is 4.90 Å². The number of carboxylic acids is 1. The lowest BCUT2D eigenvalue weighted by atomic mass is 10.1. The second kappa shape index (κ2) is 7.85. The lowest BCUT2D eigenvalue weighted by molar-refractivity contribution is -0.157. The number of nitrogens with one attached hydrogen (secondary N) is 1. The Hall–Kier alpha value is -2.78. The van der Waals surface area contributed by atoms with Crippen LogP contribution in [-0.2, 0) is 9.59 Å². The third-order valence-electron chi connectivity index (χ3n) is 3.80. The van der Waals surface area contributed by atoms with Crippen molar-refractivity contribution in [3.8, 4) is 5.75 Å². The standard InChI is InChI=1S/C17H19F3N2O5/c1-9(2)27-13-4-3-10(16(25)26)5-12(13)21-15(24)11-6-14(23)22(7-11)8-17(18,19)20/h3-5,9,11H,6-8H2,1-2H3,(H,21,24)(H,25,26). The van der Waals surface area contributed by atoms with Crippen molar-refractivity contribution in [2.24, 2.45) is 5.92 Å². The van der Waals surface area contributed by atoms with E-state index in [2.05, 4.69) is 5.32 Å². The quantitative estimate of drug-likeness (QED) is 0.781. The highest BCUT2D eigenvalue weighted by molar-refractivity contribution is 5.99. The molecule has 1 atom stereocenters. The minimum absolute atomic E-state index is 0.0790. The monoisotopic (exact) mass is 388 g/mol. The molecule has 1 aromatic rings. The lowest BCUT2D eigenvalue weighted by Gasteiger charge is -2.19. The van der Waals surface area contributed by atoms with Gasteiger partial charge in [0.05, 0.1) is 23.3 Å². The van der Waals surface area contributed by atoms with Gasteiger partial charge in [-0.15, -0.1) is 0 Å². The summed E-state index contributed by atoms with van der Waals surface area (Å²) in [5.41, 5.74) is -0.0158. The number of nitrogens with zero attached hydrogens (tertiary/aromatic N) is 1. The van der Waals surface area contributed by atoms with Gasteiger partial charge in [0, 0.05) is 13.0 Å². The van der Waals surface area contributed by atoms with Crippen molar-refractivity contribution in [1.29, 1.82) is 0 Å². The van der Waals surface area contributed by atoms with Crippen LogP contribution in [0.3, 0.4) is 0 Å². The van der Waals surface area contributed by atoms with E-state index in [9.17, 15) is 27.6 Å². The molecule has 0 saturated carbocycles. The third-order valence-corrected chi connectivity index (χ3v) is 3.80. The molecule has 2 N–H and O–H groups in total. The Labute approximate surface area is 153 Å². The van der Waals surface area contributed by atoms with Crippen molar-refractivity contribution in [1.82, 2.24) is 4.90 Å². The third kappa shape index (κ3) is 5.60. The van der Waals surface area contributed by atoms with Gasteiger partial charge in [-0.2, -0.15) is 13.2 Å². The van der Waals surface area contributed by atoms with Crippen LogP contribution in [0.5, 0.6) is 5.75 Å². The Balaban J connectivity index is 2.16. The molecule has 0 bridgehead atoms. The molecule has 1 saturated heterocycles. The summed E-state index contributed by atoms with van der Waals surface area (Å²) in [6.07, 6.45) is -5.15. The summed E-state index contributed by atoms with van der Waals surface area (Å²) in [4.78, 5) is 35.9. The molecule has 1 aliphatic rings. The Morgan fingerprint density at radius 1 is 1.37 bits per heavy atom. The van der Waals surface area contributed by atoms with Crippen molar-refractivity contribution in [2.45, 2.75) is 32.5 Å². The number of hydrogen-bond acceptors (Lipinski definition) is 4. The van der Waals surface area contributed by atoms with Crippen LogP contribution in [0.2, 0.25) is 0 Å². The van der Waals surface area contributed by atoms with Crippen LogP contribution < -0.4 is 10.1 Å². The van der Waals surface area contributed by atoms with E-state index in [1.54, 1.807) is 13.8 Å². The molecular formula is C17H19F3N2O5. The maximum atomic E-state index is 12.5. The van der Waals surface area contributed by atoms with Crippen molar-refractivity contribution in [3.63, 3.8) is 0 Å². The minimum Gasteiger partial charge on any atom is -0.489 e. The van der Waals surface area contributed by atoms with E-state index in [0.717, 1.165) is 0 Å². The predicted octanol–water partition coefficient (Wildman–Crippen LogP) is 2.52. The molecule has 1 unspecified atom stereocenters. The smallest absolute Gasteiger partial charge is 0.406 e. The number of hydrogen-bond donors (Lipinski definition) is 2. The number of amides is 2. The van der Waals surface area contributed by atoms with Crippen LogP contribution in [-0.4, -0.2) is 53.2 Å². The number of alkyl halides is 3. The molecule has 0 radical (unpaired) electrons. The molecule has 2 amide bonds. The zero-order valence-electron chi connectivity index (χ0n) is 14.7. The molecule has 0 aromatic heterocycles. The number of carbonyl (C=O) groups excluding carboxylic acids is 2. The summed E-state index contributed by atoms with van der Waals surface area (Å²) in [6, 6.07) is 3.89. The van der Waals surface area contributed by atoms with E-state index in [1.807, 2.05) is 0 Å². The molecule has 1 heterocycles. The first-order valence-electron chi connectivity index (χ1n) is 8.15. The number of carboxylic acid groups (broad SMARTS) is 1. The molecule has 148 valence electrons. The van der Waals surface area contributed by atoms with E-state index in [4.69, 9.17) is 9.84 Å². The SMILES string of the molecule is CC(C)Oc1ccc(C(=O)O)cc1NC(=O)C1CC(=O)N(CC(F)(F)F)C1. The molecule has 0 aliphatic carbocycles. The van der Waals surface area contributed by atoms with Gasteiger partial charge in [-0.1, -0.05) is 0 Å². The highest BCUT2D eigenvalue weighted by atomic mass is 19.4. The number of benzene rings is 1. The maximum Gasteiger partial charge on any atom is 0.406 e. The summed E-state index contributed by atoms with van der Waals surface area (Å²) in [7, 11) is 0. The first-order valence-corrected chi connectivity index (χ1v) is 8.15. The highest BCUT2D eigenvalue weighted by Gasteiger charge is 2.40.